The lowest BCUT2D eigenvalue weighted by Crippen LogP contribution is -2.35. The normalized spacial score (nSPS) is 16.7. The van der Waals surface area contributed by atoms with Gasteiger partial charge in [0, 0.05) is 12.1 Å². The van der Waals surface area contributed by atoms with Gasteiger partial charge in [0.2, 0.25) is 0 Å². The Morgan fingerprint density at radius 1 is 1.13 bits per heavy atom. The molecular formula is C25H28N2O3. The van der Waals surface area contributed by atoms with Gasteiger partial charge in [-0.2, -0.15) is 5.26 Å². The minimum atomic E-state index is -0.191. The van der Waals surface area contributed by atoms with Gasteiger partial charge in [-0.1, -0.05) is 18.2 Å². The summed E-state index contributed by atoms with van der Waals surface area (Å²) in [6.45, 7) is 3.75. The van der Waals surface area contributed by atoms with Crippen LogP contribution in [0.3, 0.4) is 0 Å². The van der Waals surface area contributed by atoms with Crippen molar-refractivity contribution in [1.82, 2.24) is 4.90 Å². The Balaban J connectivity index is 1.21. The smallest absolute Gasteiger partial charge is 0.338 e. The van der Waals surface area contributed by atoms with Crippen LogP contribution in [0.15, 0.2) is 36.4 Å². The van der Waals surface area contributed by atoms with Crippen molar-refractivity contribution in [3.8, 4) is 11.8 Å². The molecule has 0 N–H and O–H groups in total. The van der Waals surface area contributed by atoms with Crippen LogP contribution in [0.2, 0.25) is 0 Å². The summed E-state index contributed by atoms with van der Waals surface area (Å²) in [5.74, 6) is 1.24. The molecule has 0 aromatic heterocycles. The average Bonchev–Trinajstić information content (AvgIpc) is 3.16. The predicted molar refractivity (Wildman–Crippen MR) is 114 cm³/mol. The molecule has 156 valence electrons. The zero-order valence-corrected chi connectivity index (χ0v) is 17.5. The summed E-state index contributed by atoms with van der Waals surface area (Å²) < 4.78 is 10.4. The van der Waals surface area contributed by atoms with Crippen LogP contribution in [0, 0.1) is 17.2 Å². The quantitative estimate of drug-likeness (QED) is 0.650. The fourth-order valence-electron chi connectivity index (χ4n) is 4.48. The molecular weight excluding hydrogens is 376 g/mol. The average molecular weight is 405 g/mol. The lowest BCUT2D eigenvalue weighted by atomic mass is 9.90. The van der Waals surface area contributed by atoms with Crippen molar-refractivity contribution in [2.24, 2.45) is 5.92 Å². The van der Waals surface area contributed by atoms with Crippen molar-refractivity contribution in [2.45, 2.75) is 38.7 Å². The predicted octanol–water partition coefficient (Wildman–Crippen LogP) is 4.12. The second-order valence-electron chi connectivity index (χ2n) is 8.29. The van der Waals surface area contributed by atoms with Gasteiger partial charge in [0.25, 0.3) is 0 Å². The molecule has 30 heavy (non-hydrogen) atoms. The molecule has 1 saturated heterocycles. The third-order valence-electron chi connectivity index (χ3n) is 6.40. The third kappa shape index (κ3) is 4.66. The number of fused-ring (bicyclic) bond motifs is 1. The molecule has 0 unspecified atom stereocenters. The zero-order valence-electron chi connectivity index (χ0n) is 17.5. The number of ether oxygens (including phenoxy) is 2. The number of aryl methyl sites for hydroxylation is 1. The maximum atomic E-state index is 11.6. The molecule has 0 saturated carbocycles. The van der Waals surface area contributed by atoms with E-state index in [1.807, 2.05) is 24.3 Å². The number of benzene rings is 2. The number of nitriles is 1. The Bertz CT molecular complexity index is 955. The number of carbonyl (C=O) groups excluding carboxylic acids is 1. The van der Waals surface area contributed by atoms with E-state index in [0.29, 0.717) is 17.9 Å². The molecule has 5 heteroatoms. The van der Waals surface area contributed by atoms with E-state index in [9.17, 15) is 4.79 Å². The van der Waals surface area contributed by atoms with Gasteiger partial charge < -0.3 is 14.4 Å². The molecule has 0 spiro atoms. The van der Waals surface area contributed by atoms with Gasteiger partial charge in [-0.3, -0.25) is 0 Å². The maximum absolute atomic E-state index is 11.6. The number of cyclic esters (lactones) is 1. The molecule has 2 heterocycles. The monoisotopic (exact) mass is 404 g/mol. The largest absolute Gasteiger partial charge is 0.495 e. The number of rotatable bonds is 7. The van der Waals surface area contributed by atoms with Crippen LogP contribution in [0.25, 0.3) is 0 Å². The molecule has 0 amide bonds. The molecule has 2 aromatic carbocycles. The molecule has 0 aliphatic carbocycles. The minimum Gasteiger partial charge on any atom is -0.495 e. The van der Waals surface area contributed by atoms with Gasteiger partial charge >= 0.3 is 5.97 Å². The van der Waals surface area contributed by atoms with Gasteiger partial charge in [0.15, 0.2) is 0 Å². The van der Waals surface area contributed by atoms with Crippen LogP contribution < -0.4 is 4.74 Å². The number of likely N-dealkylation sites (tertiary alicyclic amines) is 1. The van der Waals surface area contributed by atoms with Crippen LogP contribution in [0.5, 0.6) is 5.75 Å². The maximum Gasteiger partial charge on any atom is 0.338 e. The summed E-state index contributed by atoms with van der Waals surface area (Å²) in [7, 11) is 1.61. The molecule has 0 radical (unpaired) electrons. The Kier molecular flexibility index (Phi) is 6.35. The van der Waals surface area contributed by atoms with Crippen molar-refractivity contribution in [2.75, 3.05) is 26.7 Å². The van der Waals surface area contributed by atoms with E-state index < -0.39 is 0 Å². The van der Waals surface area contributed by atoms with E-state index in [2.05, 4.69) is 23.1 Å². The standard InChI is InChI=1S/C25H28N2O3/c1-29-24-15-20(4-6-21(24)16-26)10-13-27-11-8-18(9-12-27)2-3-19-5-7-23-22(14-19)17-30-25(23)28/h4-7,14-15,18H,2-3,8-13,17H2,1H3. The van der Waals surface area contributed by atoms with E-state index in [1.54, 1.807) is 7.11 Å². The van der Waals surface area contributed by atoms with Crippen molar-refractivity contribution >= 4 is 5.97 Å². The SMILES string of the molecule is COc1cc(CCN2CCC(CCc3ccc4c(c3)COC4=O)CC2)ccc1C#N. The number of methoxy groups -OCH3 is 1. The Hall–Kier alpha value is -2.84. The summed E-state index contributed by atoms with van der Waals surface area (Å²) >= 11 is 0. The molecule has 2 aliphatic heterocycles. The van der Waals surface area contributed by atoms with Gasteiger partial charge in [0.1, 0.15) is 18.4 Å². The van der Waals surface area contributed by atoms with Gasteiger partial charge in [-0.05, 0) is 80.4 Å². The first-order chi connectivity index (χ1) is 14.7. The summed E-state index contributed by atoms with van der Waals surface area (Å²) in [4.78, 5) is 14.1. The van der Waals surface area contributed by atoms with E-state index in [1.165, 1.54) is 30.4 Å². The molecule has 2 aliphatic rings. The van der Waals surface area contributed by atoms with E-state index in [4.69, 9.17) is 14.7 Å². The highest BCUT2D eigenvalue weighted by molar-refractivity contribution is 5.93. The molecule has 5 nitrogen and oxygen atoms in total. The van der Waals surface area contributed by atoms with E-state index >= 15 is 0 Å². The van der Waals surface area contributed by atoms with Gasteiger partial charge in [0.05, 0.1) is 18.2 Å². The van der Waals surface area contributed by atoms with Crippen molar-refractivity contribution in [3.05, 3.63) is 64.2 Å². The van der Waals surface area contributed by atoms with Crippen molar-refractivity contribution in [3.63, 3.8) is 0 Å². The number of piperidine rings is 1. The fourth-order valence-corrected chi connectivity index (χ4v) is 4.48. The molecule has 4 rings (SSSR count). The topological polar surface area (TPSA) is 62.6 Å². The highest BCUT2D eigenvalue weighted by Gasteiger charge is 2.22. The highest BCUT2D eigenvalue weighted by Crippen LogP contribution is 2.26. The first kappa shape index (κ1) is 20.4. The van der Waals surface area contributed by atoms with Crippen LogP contribution in [0.1, 0.15) is 51.9 Å². The van der Waals surface area contributed by atoms with Gasteiger partial charge in [-0.15, -0.1) is 0 Å². The number of nitrogens with zero attached hydrogens (tertiary/aromatic N) is 2. The van der Waals surface area contributed by atoms with E-state index in [-0.39, 0.29) is 5.97 Å². The van der Waals surface area contributed by atoms with Crippen molar-refractivity contribution < 1.29 is 14.3 Å². The number of carbonyl (C=O) groups is 1. The van der Waals surface area contributed by atoms with E-state index in [0.717, 1.165) is 49.5 Å². The second-order valence-corrected chi connectivity index (χ2v) is 8.29. The zero-order chi connectivity index (χ0) is 20.9. The summed E-state index contributed by atoms with van der Waals surface area (Å²) in [6.07, 6.45) is 5.72. The molecule has 1 fully saturated rings. The summed E-state index contributed by atoms with van der Waals surface area (Å²) in [6, 6.07) is 14.2. The highest BCUT2D eigenvalue weighted by atomic mass is 16.5. The Labute approximate surface area is 178 Å². The number of hydrogen-bond acceptors (Lipinski definition) is 5. The summed E-state index contributed by atoms with van der Waals surface area (Å²) in [5, 5.41) is 9.11. The minimum absolute atomic E-state index is 0.191. The first-order valence-corrected chi connectivity index (χ1v) is 10.7. The number of esters is 1. The molecule has 2 aromatic rings. The lowest BCUT2D eigenvalue weighted by molar-refractivity contribution is 0.0535. The second kappa shape index (κ2) is 9.32. The van der Waals surface area contributed by atoms with Crippen LogP contribution in [-0.4, -0.2) is 37.6 Å². The summed E-state index contributed by atoms with van der Waals surface area (Å²) in [5.41, 5.74) is 4.87. The number of hydrogen-bond donors (Lipinski definition) is 0. The van der Waals surface area contributed by atoms with Crippen LogP contribution in [-0.2, 0) is 24.2 Å². The molecule has 0 bridgehead atoms. The van der Waals surface area contributed by atoms with Crippen LogP contribution >= 0.6 is 0 Å². The van der Waals surface area contributed by atoms with Gasteiger partial charge in [-0.25, -0.2) is 4.79 Å². The third-order valence-corrected chi connectivity index (χ3v) is 6.40. The lowest BCUT2D eigenvalue weighted by Gasteiger charge is -2.32. The fraction of sp³-hybridized carbons (Fsp3) is 0.440. The van der Waals surface area contributed by atoms with Crippen LogP contribution in [0.4, 0.5) is 0 Å². The Morgan fingerprint density at radius 3 is 2.67 bits per heavy atom. The first-order valence-electron chi connectivity index (χ1n) is 10.7. The molecule has 0 atom stereocenters. The van der Waals surface area contributed by atoms with Crippen molar-refractivity contribution in [1.29, 1.82) is 5.26 Å². The Morgan fingerprint density at radius 2 is 1.90 bits per heavy atom.